The average molecular weight is 217 g/mol. The van der Waals surface area contributed by atoms with E-state index in [1.807, 2.05) is 0 Å². The molecule has 0 saturated heterocycles. The molecule has 0 heterocycles. The summed E-state index contributed by atoms with van der Waals surface area (Å²) in [6, 6.07) is 4.18. The Hall–Kier alpha value is -0.940. The molecule has 1 N–H and O–H groups in total. The van der Waals surface area contributed by atoms with E-state index in [0.29, 0.717) is 5.56 Å². The van der Waals surface area contributed by atoms with Crippen LogP contribution in [0.1, 0.15) is 12.5 Å². The molecule has 1 aromatic carbocycles. The number of aryl methyl sites for hydroxylation is 1. The van der Waals surface area contributed by atoms with Crippen LogP contribution < -0.4 is 4.72 Å². The summed E-state index contributed by atoms with van der Waals surface area (Å²) in [5, 5.41) is 0. The zero-order chi connectivity index (χ0) is 10.8. The van der Waals surface area contributed by atoms with Gasteiger partial charge in [-0.1, -0.05) is 19.1 Å². The predicted octanol–water partition coefficient (Wildman–Crippen LogP) is 1.43. The third-order valence-corrected chi connectivity index (χ3v) is 3.49. The number of sulfonamides is 1. The zero-order valence-electron chi connectivity index (χ0n) is 8.04. The minimum atomic E-state index is -3.70. The van der Waals surface area contributed by atoms with Crippen molar-refractivity contribution in [1.82, 2.24) is 4.72 Å². The molecule has 1 rings (SSSR count). The van der Waals surface area contributed by atoms with Gasteiger partial charge in [0.1, 0.15) is 10.7 Å². The number of halogens is 1. The first-order valence-corrected chi connectivity index (χ1v) is 5.72. The Morgan fingerprint density at radius 2 is 2.07 bits per heavy atom. The van der Waals surface area contributed by atoms with Gasteiger partial charge in [-0.2, -0.15) is 0 Å². The second-order valence-electron chi connectivity index (χ2n) is 2.89. The van der Waals surface area contributed by atoms with Gasteiger partial charge in [0.25, 0.3) is 0 Å². The maximum absolute atomic E-state index is 13.3. The monoisotopic (exact) mass is 217 g/mol. The molecule has 0 radical (unpaired) electrons. The van der Waals surface area contributed by atoms with Crippen LogP contribution in [-0.4, -0.2) is 15.0 Å². The summed E-state index contributed by atoms with van der Waals surface area (Å²) in [6.07, 6.45) is 0. The minimum absolute atomic E-state index is 0.246. The van der Waals surface area contributed by atoms with Gasteiger partial charge in [-0.05, 0) is 18.6 Å². The summed E-state index contributed by atoms with van der Waals surface area (Å²) in [5.41, 5.74) is 0.408. The predicted molar refractivity (Wildman–Crippen MR) is 52.0 cm³/mol. The third-order valence-electron chi connectivity index (χ3n) is 1.77. The van der Waals surface area contributed by atoms with Crippen molar-refractivity contribution in [2.24, 2.45) is 0 Å². The van der Waals surface area contributed by atoms with Gasteiger partial charge in [-0.25, -0.2) is 17.5 Å². The SMILES string of the molecule is CCNS(=O)(=O)c1c(C)cccc1F. The summed E-state index contributed by atoms with van der Waals surface area (Å²) < 4.78 is 38.5. The molecule has 0 aliphatic heterocycles. The summed E-state index contributed by atoms with van der Waals surface area (Å²) in [7, 11) is -3.70. The van der Waals surface area contributed by atoms with E-state index in [9.17, 15) is 12.8 Å². The van der Waals surface area contributed by atoms with Gasteiger partial charge < -0.3 is 0 Å². The molecule has 0 aromatic heterocycles. The van der Waals surface area contributed by atoms with E-state index in [1.165, 1.54) is 6.07 Å². The second-order valence-corrected chi connectivity index (χ2v) is 4.59. The largest absolute Gasteiger partial charge is 0.243 e. The van der Waals surface area contributed by atoms with Gasteiger partial charge in [0.15, 0.2) is 0 Å². The maximum Gasteiger partial charge on any atom is 0.243 e. The molecule has 14 heavy (non-hydrogen) atoms. The summed E-state index contributed by atoms with van der Waals surface area (Å²) in [4.78, 5) is -0.262. The highest BCUT2D eigenvalue weighted by Crippen LogP contribution is 2.18. The molecule has 0 saturated carbocycles. The van der Waals surface area contributed by atoms with Crippen molar-refractivity contribution < 1.29 is 12.8 Å². The molecule has 3 nitrogen and oxygen atoms in total. The van der Waals surface area contributed by atoms with Crippen LogP contribution in [0.3, 0.4) is 0 Å². The molecular formula is C9H12FNO2S. The fourth-order valence-electron chi connectivity index (χ4n) is 1.22. The Labute approximate surface area is 83.0 Å². The molecule has 0 fully saturated rings. The first-order valence-electron chi connectivity index (χ1n) is 4.24. The van der Waals surface area contributed by atoms with Crippen molar-refractivity contribution in [3.05, 3.63) is 29.6 Å². The standard InChI is InChI=1S/C9H12FNO2S/c1-3-11-14(12,13)9-7(2)5-4-6-8(9)10/h4-6,11H,3H2,1-2H3. The van der Waals surface area contributed by atoms with Gasteiger partial charge in [0.05, 0.1) is 0 Å². The van der Waals surface area contributed by atoms with Gasteiger partial charge in [0, 0.05) is 6.54 Å². The molecule has 0 amide bonds. The quantitative estimate of drug-likeness (QED) is 0.832. The van der Waals surface area contributed by atoms with Crippen molar-refractivity contribution in [3.8, 4) is 0 Å². The molecule has 78 valence electrons. The third kappa shape index (κ3) is 2.10. The van der Waals surface area contributed by atoms with Crippen LogP contribution in [0, 0.1) is 12.7 Å². The number of nitrogens with one attached hydrogen (secondary N) is 1. The highest BCUT2D eigenvalue weighted by atomic mass is 32.2. The average Bonchev–Trinajstić information content (AvgIpc) is 2.02. The van der Waals surface area contributed by atoms with E-state index in [2.05, 4.69) is 4.72 Å². The van der Waals surface area contributed by atoms with Crippen LogP contribution in [0.15, 0.2) is 23.1 Å². The Balaban J connectivity index is 3.32. The van der Waals surface area contributed by atoms with Crippen LogP contribution in [0.25, 0.3) is 0 Å². The molecular weight excluding hydrogens is 205 g/mol. The molecule has 0 aliphatic carbocycles. The summed E-state index contributed by atoms with van der Waals surface area (Å²) in [5.74, 6) is -0.717. The van der Waals surface area contributed by atoms with E-state index in [0.717, 1.165) is 6.07 Å². The lowest BCUT2D eigenvalue weighted by Crippen LogP contribution is -2.24. The van der Waals surface area contributed by atoms with E-state index in [1.54, 1.807) is 19.9 Å². The Morgan fingerprint density at radius 3 is 2.57 bits per heavy atom. The van der Waals surface area contributed by atoms with Crippen LogP contribution in [0.2, 0.25) is 0 Å². The van der Waals surface area contributed by atoms with Crippen molar-refractivity contribution in [2.75, 3.05) is 6.54 Å². The molecule has 0 aliphatic rings. The number of hydrogen-bond donors (Lipinski definition) is 1. The van der Waals surface area contributed by atoms with Crippen LogP contribution in [-0.2, 0) is 10.0 Å². The molecule has 1 aromatic rings. The summed E-state index contributed by atoms with van der Waals surface area (Å²) in [6.45, 7) is 3.46. The van der Waals surface area contributed by atoms with E-state index >= 15 is 0 Å². The Bertz CT molecular complexity index is 408. The number of hydrogen-bond acceptors (Lipinski definition) is 2. The minimum Gasteiger partial charge on any atom is -0.211 e. The zero-order valence-corrected chi connectivity index (χ0v) is 8.86. The first-order chi connectivity index (χ1) is 6.49. The smallest absolute Gasteiger partial charge is 0.211 e. The van der Waals surface area contributed by atoms with Crippen LogP contribution in [0.5, 0.6) is 0 Å². The topological polar surface area (TPSA) is 46.2 Å². The highest BCUT2D eigenvalue weighted by molar-refractivity contribution is 7.89. The highest BCUT2D eigenvalue weighted by Gasteiger charge is 2.19. The Morgan fingerprint density at radius 1 is 1.43 bits per heavy atom. The van der Waals surface area contributed by atoms with E-state index in [-0.39, 0.29) is 11.4 Å². The van der Waals surface area contributed by atoms with Crippen LogP contribution in [0.4, 0.5) is 4.39 Å². The van der Waals surface area contributed by atoms with Crippen molar-refractivity contribution >= 4 is 10.0 Å². The lowest BCUT2D eigenvalue weighted by molar-refractivity contribution is 0.556. The Kier molecular flexibility index (Phi) is 3.23. The number of benzene rings is 1. The van der Waals surface area contributed by atoms with Crippen molar-refractivity contribution in [1.29, 1.82) is 0 Å². The van der Waals surface area contributed by atoms with Gasteiger partial charge in [-0.15, -0.1) is 0 Å². The number of rotatable bonds is 3. The van der Waals surface area contributed by atoms with Gasteiger partial charge in [-0.3, -0.25) is 0 Å². The fraction of sp³-hybridized carbons (Fsp3) is 0.333. The normalized spacial score (nSPS) is 11.6. The van der Waals surface area contributed by atoms with Crippen molar-refractivity contribution in [3.63, 3.8) is 0 Å². The second kappa shape index (κ2) is 4.06. The van der Waals surface area contributed by atoms with Crippen LogP contribution >= 0.6 is 0 Å². The molecule has 0 atom stereocenters. The summed E-state index contributed by atoms with van der Waals surface area (Å²) >= 11 is 0. The lowest BCUT2D eigenvalue weighted by atomic mass is 10.2. The lowest BCUT2D eigenvalue weighted by Gasteiger charge is -2.08. The fourth-order valence-corrected chi connectivity index (χ4v) is 2.56. The molecule has 5 heteroatoms. The van der Waals surface area contributed by atoms with E-state index in [4.69, 9.17) is 0 Å². The first kappa shape index (κ1) is 11.1. The van der Waals surface area contributed by atoms with Gasteiger partial charge in [0.2, 0.25) is 10.0 Å². The van der Waals surface area contributed by atoms with E-state index < -0.39 is 15.8 Å². The van der Waals surface area contributed by atoms with Gasteiger partial charge >= 0.3 is 0 Å². The van der Waals surface area contributed by atoms with Crippen molar-refractivity contribution in [2.45, 2.75) is 18.7 Å². The maximum atomic E-state index is 13.3. The molecule has 0 bridgehead atoms. The molecule has 0 unspecified atom stereocenters. The molecule has 0 spiro atoms.